The largest absolute Gasteiger partial charge is 0.497 e. The average Bonchev–Trinajstić information content (AvgIpc) is 3.05. The van der Waals surface area contributed by atoms with Crippen molar-refractivity contribution in [2.45, 2.75) is 77.7 Å². The maximum Gasteiger partial charge on any atom is 0.410 e. The number of carbonyl (C=O) groups is 4. The van der Waals surface area contributed by atoms with Crippen LogP contribution in [0, 0.1) is 0 Å². The van der Waals surface area contributed by atoms with Gasteiger partial charge in [-0.1, -0.05) is 0 Å². The van der Waals surface area contributed by atoms with E-state index in [4.69, 9.17) is 14.2 Å². The van der Waals surface area contributed by atoms with Crippen molar-refractivity contribution in [3.63, 3.8) is 0 Å². The molecule has 48 heavy (non-hydrogen) atoms. The topological polar surface area (TPSA) is 130 Å². The molecule has 2 fully saturated rings. The van der Waals surface area contributed by atoms with Gasteiger partial charge in [0.15, 0.2) is 0 Å². The van der Waals surface area contributed by atoms with Crippen molar-refractivity contribution in [2.24, 2.45) is 0 Å². The van der Waals surface area contributed by atoms with Gasteiger partial charge in [0.25, 0.3) is 11.8 Å². The van der Waals surface area contributed by atoms with Crippen LogP contribution in [-0.4, -0.2) is 110 Å². The minimum atomic E-state index is -1.09. The lowest BCUT2D eigenvalue weighted by molar-refractivity contribution is -0.157. The predicted molar refractivity (Wildman–Crippen MR) is 183 cm³/mol. The zero-order valence-corrected chi connectivity index (χ0v) is 29.3. The van der Waals surface area contributed by atoms with E-state index in [1.54, 1.807) is 57.2 Å². The van der Waals surface area contributed by atoms with Crippen molar-refractivity contribution < 1.29 is 33.4 Å². The Kier molecular flexibility index (Phi) is 12.0. The first-order valence-electron chi connectivity index (χ1n) is 16.6. The summed E-state index contributed by atoms with van der Waals surface area (Å²) in [7, 11) is 1.54. The van der Waals surface area contributed by atoms with Gasteiger partial charge in [-0.25, -0.2) is 9.59 Å². The molecular formula is C36H51N5O7. The van der Waals surface area contributed by atoms with Gasteiger partial charge in [0.2, 0.25) is 0 Å². The van der Waals surface area contributed by atoms with Crippen LogP contribution in [0.25, 0.3) is 0 Å². The van der Waals surface area contributed by atoms with Gasteiger partial charge in [-0.05, 0) is 103 Å². The molecule has 2 aliphatic rings. The third-order valence-electron chi connectivity index (χ3n) is 8.26. The molecular weight excluding hydrogens is 614 g/mol. The van der Waals surface area contributed by atoms with E-state index in [9.17, 15) is 19.2 Å². The number of benzene rings is 2. The van der Waals surface area contributed by atoms with Gasteiger partial charge in [-0.15, -0.1) is 0 Å². The SMILES string of the molecule is COc1ccc(C(=O)N[C@@H](CNC(=O)c2ccc(N3CCN(C4CCN(C(=O)OC(C)(C)C)CC4)CC3)cc2)C(=O)OC(C)(C)C)cc1. The molecule has 0 aliphatic carbocycles. The summed E-state index contributed by atoms with van der Waals surface area (Å²) < 4.78 is 16.2. The van der Waals surface area contributed by atoms with Crippen molar-refractivity contribution in [3.8, 4) is 5.75 Å². The molecule has 3 amide bonds. The number of methoxy groups -OCH3 is 1. The normalized spacial score (nSPS) is 16.9. The first-order valence-corrected chi connectivity index (χ1v) is 16.6. The van der Waals surface area contributed by atoms with E-state index in [-0.39, 0.29) is 18.5 Å². The molecule has 2 aromatic carbocycles. The summed E-state index contributed by atoms with van der Waals surface area (Å²) in [4.78, 5) is 58.0. The molecule has 0 radical (unpaired) electrons. The molecule has 2 N–H and O–H groups in total. The van der Waals surface area contributed by atoms with Gasteiger partial charge in [0, 0.05) is 68.7 Å². The number of nitrogens with zero attached hydrogens (tertiary/aromatic N) is 3. The minimum Gasteiger partial charge on any atom is -0.497 e. The molecule has 2 aliphatic heterocycles. The third kappa shape index (κ3) is 10.6. The maximum atomic E-state index is 13.1. The highest BCUT2D eigenvalue weighted by atomic mass is 16.6. The standard InChI is InChI=1S/C36H51N5O7/c1-35(2,3)47-33(44)30(38-32(43)26-10-14-29(46-7)15-11-26)24-37-31(42)25-8-12-27(13-9-25)39-20-22-40(23-21-39)28-16-18-41(19-17-28)34(45)48-36(4,5)6/h8-15,28,30H,16-24H2,1-7H3,(H,37,42)(H,38,43)/t30-/m0/s1. The monoisotopic (exact) mass is 665 g/mol. The molecule has 0 spiro atoms. The Balaban J connectivity index is 1.27. The fraction of sp³-hybridized carbons (Fsp3) is 0.556. The van der Waals surface area contributed by atoms with Gasteiger partial charge in [0.1, 0.15) is 23.0 Å². The number of amides is 3. The number of ether oxygens (including phenoxy) is 3. The lowest BCUT2D eigenvalue weighted by atomic mass is 10.0. The average molecular weight is 666 g/mol. The number of hydrogen-bond donors (Lipinski definition) is 2. The van der Waals surface area contributed by atoms with Gasteiger partial charge >= 0.3 is 12.1 Å². The molecule has 262 valence electrons. The lowest BCUT2D eigenvalue weighted by Gasteiger charge is -2.43. The Labute approximate surface area is 284 Å². The van der Waals surface area contributed by atoms with Crippen LogP contribution in [0.2, 0.25) is 0 Å². The second-order valence-corrected chi connectivity index (χ2v) is 14.3. The van der Waals surface area contributed by atoms with Crippen LogP contribution in [-0.2, 0) is 14.3 Å². The van der Waals surface area contributed by atoms with E-state index < -0.39 is 29.1 Å². The van der Waals surface area contributed by atoms with Crippen LogP contribution >= 0.6 is 0 Å². The quantitative estimate of drug-likeness (QED) is 0.381. The van der Waals surface area contributed by atoms with Gasteiger partial charge in [-0.3, -0.25) is 14.5 Å². The van der Waals surface area contributed by atoms with Crippen molar-refractivity contribution >= 4 is 29.6 Å². The predicted octanol–water partition coefficient (Wildman–Crippen LogP) is 4.09. The highest BCUT2D eigenvalue weighted by Gasteiger charge is 2.31. The molecule has 0 unspecified atom stereocenters. The van der Waals surface area contributed by atoms with Gasteiger partial charge in [-0.2, -0.15) is 0 Å². The highest BCUT2D eigenvalue weighted by molar-refractivity contribution is 5.98. The number of rotatable bonds is 9. The van der Waals surface area contributed by atoms with E-state index in [2.05, 4.69) is 20.4 Å². The Hall–Kier alpha value is -4.32. The molecule has 12 nitrogen and oxygen atoms in total. The summed E-state index contributed by atoms with van der Waals surface area (Å²) in [5.74, 6) is -0.882. The van der Waals surface area contributed by atoms with E-state index in [0.29, 0.717) is 36.0 Å². The molecule has 4 rings (SSSR count). The fourth-order valence-corrected chi connectivity index (χ4v) is 5.76. The zero-order chi connectivity index (χ0) is 35.1. The summed E-state index contributed by atoms with van der Waals surface area (Å²) in [5.41, 5.74) is 0.554. The summed E-state index contributed by atoms with van der Waals surface area (Å²) in [5, 5.41) is 5.47. The molecule has 2 saturated heterocycles. The molecule has 0 aromatic heterocycles. The summed E-state index contributed by atoms with van der Waals surface area (Å²) >= 11 is 0. The smallest absolute Gasteiger partial charge is 0.410 e. The number of esters is 1. The Morgan fingerprint density at radius 1 is 0.750 bits per heavy atom. The molecule has 0 saturated carbocycles. The van der Waals surface area contributed by atoms with Crippen molar-refractivity contribution in [1.29, 1.82) is 0 Å². The van der Waals surface area contributed by atoms with Gasteiger partial charge in [0.05, 0.1) is 7.11 Å². The number of nitrogens with one attached hydrogen (secondary N) is 2. The highest BCUT2D eigenvalue weighted by Crippen LogP contribution is 2.23. The van der Waals surface area contributed by atoms with Crippen molar-refractivity contribution in [1.82, 2.24) is 20.4 Å². The first kappa shape index (κ1) is 36.5. The number of piperidine rings is 1. The van der Waals surface area contributed by atoms with Crippen LogP contribution in [0.5, 0.6) is 5.75 Å². The van der Waals surface area contributed by atoms with Crippen molar-refractivity contribution in [3.05, 3.63) is 59.7 Å². The molecule has 2 heterocycles. The van der Waals surface area contributed by atoms with Crippen LogP contribution < -0.4 is 20.3 Å². The number of carbonyl (C=O) groups excluding carboxylic acids is 4. The van der Waals surface area contributed by atoms with Gasteiger partial charge < -0.3 is 34.6 Å². The molecule has 0 bridgehead atoms. The molecule has 12 heteroatoms. The van der Waals surface area contributed by atoms with Crippen molar-refractivity contribution in [2.75, 3.05) is 57.8 Å². The van der Waals surface area contributed by atoms with E-state index in [0.717, 1.165) is 44.7 Å². The number of hydrogen-bond acceptors (Lipinski definition) is 9. The summed E-state index contributed by atoms with van der Waals surface area (Å²) in [6.07, 6.45) is 1.63. The second kappa shape index (κ2) is 15.7. The second-order valence-electron chi connectivity index (χ2n) is 14.3. The third-order valence-corrected chi connectivity index (χ3v) is 8.26. The van der Waals surface area contributed by atoms with Crippen LogP contribution in [0.1, 0.15) is 75.1 Å². The zero-order valence-electron chi connectivity index (χ0n) is 29.3. The van der Waals surface area contributed by atoms with Crippen LogP contribution in [0.3, 0.4) is 0 Å². The molecule has 1 atom stereocenters. The Morgan fingerprint density at radius 3 is 1.83 bits per heavy atom. The molecule has 2 aromatic rings. The van der Waals surface area contributed by atoms with Crippen LogP contribution in [0.15, 0.2) is 48.5 Å². The van der Waals surface area contributed by atoms with Crippen LogP contribution in [0.4, 0.5) is 10.5 Å². The first-order chi connectivity index (χ1) is 22.6. The Morgan fingerprint density at radius 2 is 1.29 bits per heavy atom. The number of piperazine rings is 1. The van der Waals surface area contributed by atoms with E-state index in [1.165, 1.54) is 7.11 Å². The van der Waals surface area contributed by atoms with E-state index >= 15 is 0 Å². The number of likely N-dealkylation sites (tertiary alicyclic amines) is 1. The van der Waals surface area contributed by atoms with E-state index in [1.807, 2.05) is 37.8 Å². The Bertz CT molecular complexity index is 1400. The lowest BCUT2D eigenvalue weighted by Crippen LogP contribution is -2.54. The minimum absolute atomic E-state index is 0.143. The summed E-state index contributed by atoms with van der Waals surface area (Å²) in [6.45, 7) is 15.7. The maximum absolute atomic E-state index is 13.1. The number of anilines is 1. The fourth-order valence-electron chi connectivity index (χ4n) is 5.76. The summed E-state index contributed by atoms with van der Waals surface area (Å²) in [6, 6.07) is 13.2.